The van der Waals surface area contributed by atoms with E-state index in [1.165, 1.54) is 121 Å². The lowest BCUT2D eigenvalue weighted by atomic mass is 9.33. The first-order chi connectivity index (χ1) is 30.7. The van der Waals surface area contributed by atoms with Gasteiger partial charge in [-0.1, -0.05) is 184 Å². The molecule has 4 heterocycles. The fraction of sp³-hybridized carbons (Fsp3) is 0.213. The molecule has 0 atom stereocenters. The summed E-state index contributed by atoms with van der Waals surface area (Å²) in [4.78, 5) is 0. The minimum absolute atomic E-state index is 0.00118. The molecule has 0 radical (unpaired) electrons. The number of hydrogen-bond acceptors (Lipinski definition) is 0. The Balaban J connectivity index is 1.32. The molecule has 64 heavy (non-hydrogen) atoms. The third kappa shape index (κ3) is 5.52. The molecule has 0 aliphatic carbocycles. The Morgan fingerprint density at radius 3 is 1.72 bits per heavy atom. The van der Waals surface area contributed by atoms with Crippen LogP contribution >= 0.6 is 0 Å². The largest absolute Gasteiger partial charge is 0.310 e. The van der Waals surface area contributed by atoms with E-state index in [1.54, 1.807) is 0 Å². The summed E-state index contributed by atoms with van der Waals surface area (Å²) in [5, 5.41) is 6.57. The third-order valence-corrected chi connectivity index (χ3v) is 15.1. The van der Waals surface area contributed by atoms with Crippen molar-refractivity contribution in [3.8, 4) is 44.9 Å². The summed E-state index contributed by atoms with van der Waals surface area (Å²) in [5.74, 6) is 0. The van der Waals surface area contributed by atoms with Gasteiger partial charge in [0.2, 0.25) is 0 Å². The average Bonchev–Trinajstić information content (AvgIpc) is 3.82. The van der Waals surface area contributed by atoms with Crippen LogP contribution < -0.4 is 16.4 Å². The SMILES string of the molecule is CCC(C)(C)c1ccc(-c2cc3c4c(c2)-n2c5ccc(C(C)(C)C)cc5c5cc(C(C)(C)C)cc(c52)B4c2c4ccccc4cc4c(-c5ccccc5)c(-c5ccccc5)n-3c24)cc1. The molecule has 8 aromatic carbocycles. The molecule has 10 aromatic rings. The van der Waals surface area contributed by atoms with Crippen LogP contribution in [0.25, 0.3) is 88.4 Å². The van der Waals surface area contributed by atoms with Crippen molar-refractivity contribution in [3.63, 3.8) is 0 Å². The van der Waals surface area contributed by atoms with Gasteiger partial charge in [0, 0.05) is 38.6 Å². The van der Waals surface area contributed by atoms with E-state index in [0.717, 1.165) is 6.42 Å². The maximum atomic E-state index is 2.68. The van der Waals surface area contributed by atoms with Crippen LogP contribution in [0.1, 0.15) is 85.4 Å². The highest BCUT2D eigenvalue weighted by molar-refractivity contribution is 7.01. The van der Waals surface area contributed by atoms with Crippen molar-refractivity contribution in [1.82, 2.24) is 9.13 Å². The van der Waals surface area contributed by atoms with Crippen LogP contribution in [0, 0.1) is 0 Å². The van der Waals surface area contributed by atoms with Crippen molar-refractivity contribution in [2.45, 2.75) is 85.0 Å². The smallest absolute Gasteiger partial charge is 0.253 e. The molecule has 0 saturated heterocycles. The highest BCUT2D eigenvalue weighted by Crippen LogP contribution is 2.48. The third-order valence-electron chi connectivity index (χ3n) is 15.1. The number of benzene rings is 8. The van der Waals surface area contributed by atoms with Gasteiger partial charge in [0.15, 0.2) is 0 Å². The van der Waals surface area contributed by atoms with Gasteiger partial charge in [0.05, 0.1) is 16.7 Å². The molecule has 2 aliphatic rings. The van der Waals surface area contributed by atoms with Crippen LogP contribution in [-0.2, 0) is 16.2 Å². The topological polar surface area (TPSA) is 9.86 Å². The maximum Gasteiger partial charge on any atom is 0.253 e. The summed E-state index contributed by atoms with van der Waals surface area (Å²) in [6.07, 6.45) is 1.09. The van der Waals surface area contributed by atoms with Gasteiger partial charge in [-0.25, -0.2) is 0 Å². The molecule has 2 aliphatic heterocycles. The van der Waals surface area contributed by atoms with Crippen molar-refractivity contribution >= 4 is 66.6 Å². The van der Waals surface area contributed by atoms with Gasteiger partial charge in [0.1, 0.15) is 0 Å². The zero-order valence-corrected chi connectivity index (χ0v) is 38.7. The van der Waals surface area contributed by atoms with Crippen molar-refractivity contribution in [1.29, 1.82) is 0 Å². The van der Waals surface area contributed by atoms with Crippen molar-refractivity contribution in [3.05, 3.63) is 174 Å². The van der Waals surface area contributed by atoms with E-state index < -0.39 is 0 Å². The van der Waals surface area contributed by atoms with E-state index in [1.807, 2.05) is 0 Å². The quantitative estimate of drug-likeness (QED) is 0.153. The highest BCUT2D eigenvalue weighted by atomic mass is 15.0. The minimum Gasteiger partial charge on any atom is -0.310 e. The Bertz CT molecular complexity index is 3550. The summed E-state index contributed by atoms with van der Waals surface area (Å²) in [6.45, 7) is 21.2. The lowest BCUT2D eigenvalue weighted by molar-refractivity contribution is 0.506. The van der Waals surface area contributed by atoms with Crippen LogP contribution in [0.3, 0.4) is 0 Å². The van der Waals surface area contributed by atoms with Gasteiger partial charge >= 0.3 is 0 Å². The summed E-state index contributed by atoms with van der Waals surface area (Å²) in [5.41, 5.74) is 22.2. The maximum absolute atomic E-state index is 2.68. The Morgan fingerprint density at radius 1 is 0.438 bits per heavy atom. The molecule has 3 heteroatoms. The summed E-state index contributed by atoms with van der Waals surface area (Å²) in [6, 6.07) is 60.9. The predicted molar refractivity (Wildman–Crippen MR) is 277 cm³/mol. The average molecular weight is 827 g/mol. The van der Waals surface area contributed by atoms with E-state index in [9.17, 15) is 0 Å². The number of fused-ring (bicyclic) bond motifs is 9. The second-order valence-electron chi connectivity index (χ2n) is 21.4. The molecule has 0 fully saturated rings. The first-order valence-electron chi connectivity index (χ1n) is 23.4. The van der Waals surface area contributed by atoms with Crippen LogP contribution in [0.5, 0.6) is 0 Å². The van der Waals surface area contributed by atoms with E-state index in [4.69, 9.17) is 0 Å². The molecule has 0 bridgehead atoms. The van der Waals surface area contributed by atoms with Crippen LogP contribution in [0.4, 0.5) is 0 Å². The van der Waals surface area contributed by atoms with Gasteiger partial charge in [-0.15, -0.1) is 0 Å². The molecular formula is C61H55BN2. The Labute approximate surface area is 378 Å². The molecule has 0 unspecified atom stereocenters. The van der Waals surface area contributed by atoms with E-state index in [2.05, 4.69) is 229 Å². The summed E-state index contributed by atoms with van der Waals surface area (Å²) in [7, 11) is 0. The van der Waals surface area contributed by atoms with E-state index in [0.29, 0.717) is 0 Å². The Morgan fingerprint density at radius 2 is 1.05 bits per heavy atom. The van der Waals surface area contributed by atoms with Crippen LogP contribution in [0.2, 0.25) is 0 Å². The fourth-order valence-corrected chi connectivity index (χ4v) is 11.2. The molecular weight excluding hydrogens is 771 g/mol. The van der Waals surface area contributed by atoms with Gasteiger partial charge in [-0.05, 0) is 125 Å². The van der Waals surface area contributed by atoms with Crippen LogP contribution in [0.15, 0.2) is 158 Å². The lowest BCUT2D eigenvalue weighted by Gasteiger charge is -2.36. The zero-order valence-electron chi connectivity index (χ0n) is 38.7. The molecule has 2 nitrogen and oxygen atoms in total. The second-order valence-corrected chi connectivity index (χ2v) is 21.4. The predicted octanol–water partition coefficient (Wildman–Crippen LogP) is 14.3. The highest BCUT2D eigenvalue weighted by Gasteiger charge is 2.44. The lowest BCUT2D eigenvalue weighted by Crippen LogP contribution is -2.60. The van der Waals surface area contributed by atoms with Gasteiger partial charge in [0.25, 0.3) is 6.71 Å². The van der Waals surface area contributed by atoms with Gasteiger partial charge < -0.3 is 9.13 Å². The fourth-order valence-electron chi connectivity index (χ4n) is 11.2. The number of aromatic nitrogens is 2. The number of rotatable bonds is 5. The Hall–Kier alpha value is -6.58. The molecule has 0 N–H and O–H groups in total. The normalized spacial score (nSPS) is 13.4. The van der Waals surface area contributed by atoms with Crippen molar-refractivity contribution in [2.24, 2.45) is 0 Å². The molecule has 0 amide bonds. The van der Waals surface area contributed by atoms with E-state index >= 15 is 0 Å². The zero-order chi connectivity index (χ0) is 44.0. The number of nitrogens with zero attached hydrogens (tertiary/aromatic N) is 2. The van der Waals surface area contributed by atoms with Crippen LogP contribution in [-0.4, -0.2) is 15.8 Å². The molecule has 12 rings (SSSR count). The number of hydrogen-bond donors (Lipinski definition) is 0. The van der Waals surface area contributed by atoms with Gasteiger partial charge in [-0.3, -0.25) is 0 Å². The second kappa shape index (κ2) is 13.5. The summed E-state index contributed by atoms with van der Waals surface area (Å²) >= 11 is 0. The van der Waals surface area contributed by atoms with E-state index in [-0.39, 0.29) is 23.0 Å². The standard InChI is InChI=1S/C61H55BN2/c1-10-61(8,9)42-27-25-37(26-28-42)41-32-51-55-52(33-41)64-56(39-21-15-12-16-22-39)53(38-19-13-11-14-20-38)48-31-40-23-17-18-24-45(40)54(58(48)64)62(55)49-36-44(60(5,6)7)35-47-46-34-43(59(2,3)4)29-30-50(46)63(51)57(47)49/h11-36H,10H2,1-9H3. The molecule has 0 saturated carbocycles. The molecule has 2 aromatic heterocycles. The van der Waals surface area contributed by atoms with Gasteiger partial charge in [-0.2, -0.15) is 0 Å². The first kappa shape index (κ1) is 39.0. The Kier molecular flexibility index (Phi) is 8.22. The first-order valence-corrected chi connectivity index (χ1v) is 23.4. The molecule has 0 spiro atoms. The summed E-state index contributed by atoms with van der Waals surface area (Å²) < 4.78 is 5.34. The monoisotopic (exact) mass is 826 g/mol. The minimum atomic E-state index is -0.0594. The molecule has 312 valence electrons. The van der Waals surface area contributed by atoms with Crippen molar-refractivity contribution < 1.29 is 0 Å². The van der Waals surface area contributed by atoms with Crippen molar-refractivity contribution in [2.75, 3.05) is 0 Å².